The van der Waals surface area contributed by atoms with E-state index in [9.17, 15) is 4.79 Å². The van der Waals surface area contributed by atoms with E-state index in [2.05, 4.69) is 25.1 Å². The van der Waals surface area contributed by atoms with Crippen molar-refractivity contribution in [3.05, 3.63) is 59.0 Å². The molecule has 1 aromatic heterocycles. The molecule has 2 aromatic carbocycles. The molecule has 7 rings (SSSR count). The van der Waals surface area contributed by atoms with Gasteiger partial charge in [0.1, 0.15) is 17.7 Å². The Bertz CT molecular complexity index is 1410. The number of aromatic nitrogens is 2. The Labute approximate surface area is 233 Å². The molecule has 10 heteroatoms. The van der Waals surface area contributed by atoms with Crippen LogP contribution in [0, 0.1) is 5.82 Å². The molecule has 5 heterocycles. The first-order valence-electron chi connectivity index (χ1n) is 14.4. The highest BCUT2D eigenvalue weighted by Gasteiger charge is 2.34. The SMILES string of the molecule is O=C1c2ccc(O[C@H]3CCN(Cc4ccc5nc(N6CCOCC6)ncc5c4F)C3)cc2CN1[C@H]1CCCNC1. The number of hydrogen-bond acceptors (Lipinski definition) is 8. The number of carbonyl (C=O) groups is 1. The number of morpholine rings is 1. The van der Waals surface area contributed by atoms with Crippen molar-refractivity contribution in [2.75, 3.05) is 57.4 Å². The van der Waals surface area contributed by atoms with Gasteiger partial charge in [-0.3, -0.25) is 9.69 Å². The van der Waals surface area contributed by atoms with Gasteiger partial charge in [-0.15, -0.1) is 0 Å². The molecule has 4 aliphatic rings. The van der Waals surface area contributed by atoms with E-state index in [4.69, 9.17) is 9.47 Å². The van der Waals surface area contributed by atoms with Gasteiger partial charge < -0.3 is 24.6 Å². The van der Waals surface area contributed by atoms with Crippen LogP contribution in [0.4, 0.5) is 10.3 Å². The molecule has 0 aliphatic carbocycles. The maximum atomic E-state index is 15.5. The van der Waals surface area contributed by atoms with E-state index in [0.717, 1.165) is 75.4 Å². The zero-order valence-electron chi connectivity index (χ0n) is 22.6. The van der Waals surface area contributed by atoms with Crippen molar-refractivity contribution >= 4 is 22.8 Å². The number of halogens is 1. The Hall–Kier alpha value is -3.34. The van der Waals surface area contributed by atoms with Crippen LogP contribution in [0.15, 0.2) is 36.5 Å². The summed E-state index contributed by atoms with van der Waals surface area (Å²) in [5.74, 6) is 1.29. The van der Waals surface area contributed by atoms with Crippen molar-refractivity contribution in [1.29, 1.82) is 0 Å². The topological polar surface area (TPSA) is 83.1 Å². The van der Waals surface area contributed by atoms with Crippen molar-refractivity contribution in [3.63, 3.8) is 0 Å². The number of nitrogens with zero attached hydrogens (tertiary/aromatic N) is 5. The lowest BCUT2D eigenvalue weighted by atomic mass is 10.1. The van der Waals surface area contributed by atoms with Gasteiger partial charge in [-0.2, -0.15) is 0 Å². The van der Waals surface area contributed by atoms with Gasteiger partial charge in [0.25, 0.3) is 5.91 Å². The molecule has 0 bridgehead atoms. The monoisotopic (exact) mass is 546 g/mol. The molecule has 3 fully saturated rings. The number of nitrogens with one attached hydrogen (secondary N) is 1. The summed E-state index contributed by atoms with van der Waals surface area (Å²) >= 11 is 0. The van der Waals surface area contributed by atoms with Gasteiger partial charge >= 0.3 is 0 Å². The van der Waals surface area contributed by atoms with Crippen LogP contribution < -0.4 is 15.0 Å². The Morgan fingerprint density at radius 2 is 2.02 bits per heavy atom. The number of anilines is 1. The lowest BCUT2D eigenvalue weighted by molar-refractivity contribution is 0.0674. The number of piperidine rings is 1. The quantitative estimate of drug-likeness (QED) is 0.506. The average Bonchev–Trinajstić information content (AvgIpc) is 3.58. The standard InChI is InChI=1S/C30H35FN6O3/c31-28-20(3-6-27-26(28)16-33-30(34-27)36-10-12-39-13-11-36)17-35-9-7-24(19-35)40-23-4-5-25-21(14-23)18-37(29(25)38)22-2-1-8-32-15-22/h3-6,14,16,22,24,32H,1-2,7-13,15,17-19H2/t22-,24-/m0/s1. The zero-order valence-corrected chi connectivity index (χ0v) is 22.6. The van der Waals surface area contributed by atoms with E-state index in [1.807, 2.05) is 35.2 Å². The molecule has 2 atom stereocenters. The normalized spacial score (nSPS) is 23.7. The fourth-order valence-corrected chi connectivity index (χ4v) is 6.40. The Kier molecular flexibility index (Phi) is 6.99. The molecule has 1 amide bonds. The molecule has 210 valence electrons. The predicted octanol–water partition coefficient (Wildman–Crippen LogP) is 2.97. The summed E-state index contributed by atoms with van der Waals surface area (Å²) in [4.78, 5) is 28.3. The third-order valence-electron chi connectivity index (χ3n) is 8.61. The minimum absolute atomic E-state index is 0.0248. The lowest BCUT2D eigenvalue weighted by Crippen LogP contribution is -2.46. The fourth-order valence-electron chi connectivity index (χ4n) is 6.40. The minimum Gasteiger partial charge on any atom is -0.489 e. The Balaban J connectivity index is 0.980. The van der Waals surface area contributed by atoms with Crippen LogP contribution in [-0.4, -0.2) is 90.3 Å². The zero-order chi connectivity index (χ0) is 27.1. The summed E-state index contributed by atoms with van der Waals surface area (Å²) in [6, 6.07) is 9.84. The van der Waals surface area contributed by atoms with Gasteiger partial charge in [-0.05, 0) is 55.6 Å². The first kappa shape index (κ1) is 25.6. The van der Waals surface area contributed by atoms with Crippen molar-refractivity contribution in [2.24, 2.45) is 0 Å². The summed E-state index contributed by atoms with van der Waals surface area (Å²) in [5.41, 5.74) is 3.09. The Morgan fingerprint density at radius 3 is 2.88 bits per heavy atom. The average molecular weight is 547 g/mol. The second-order valence-corrected chi connectivity index (χ2v) is 11.3. The highest BCUT2D eigenvalue weighted by atomic mass is 19.1. The highest BCUT2D eigenvalue weighted by Crippen LogP contribution is 2.31. The predicted molar refractivity (Wildman–Crippen MR) is 149 cm³/mol. The molecule has 9 nitrogen and oxygen atoms in total. The maximum absolute atomic E-state index is 15.5. The number of amides is 1. The van der Waals surface area contributed by atoms with Crippen LogP contribution in [-0.2, 0) is 17.8 Å². The lowest BCUT2D eigenvalue weighted by Gasteiger charge is -2.31. The van der Waals surface area contributed by atoms with Gasteiger partial charge in [0.05, 0.1) is 24.1 Å². The number of hydrogen-bond donors (Lipinski definition) is 1. The molecule has 0 radical (unpaired) electrons. The molecule has 4 aliphatic heterocycles. The molecule has 0 spiro atoms. The first-order valence-corrected chi connectivity index (χ1v) is 14.4. The summed E-state index contributed by atoms with van der Waals surface area (Å²) < 4.78 is 27.2. The molecular weight excluding hydrogens is 511 g/mol. The van der Waals surface area contributed by atoms with Gasteiger partial charge in [-0.25, -0.2) is 14.4 Å². The second kappa shape index (κ2) is 10.9. The third-order valence-corrected chi connectivity index (χ3v) is 8.61. The summed E-state index contributed by atoms with van der Waals surface area (Å²) in [5, 5.41) is 3.86. The molecule has 0 unspecified atom stereocenters. The second-order valence-electron chi connectivity index (χ2n) is 11.3. The molecule has 1 N–H and O–H groups in total. The van der Waals surface area contributed by atoms with Crippen LogP contribution in [0.5, 0.6) is 5.75 Å². The molecule has 3 aromatic rings. The van der Waals surface area contributed by atoms with Gasteiger partial charge in [0.15, 0.2) is 0 Å². The van der Waals surface area contributed by atoms with Gasteiger partial charge in [0, 0.05) is 69.2 Å². The fraction of sp³-hybridized carbons (Fsp3) is 0.500. The molecular formula is C30H35FN6O3. The highest BCUT2D eigenvalue weighted by molar-refractivity contribution is 5.98. The van der Waals surface area contributed by atoms with Gasteiger partial charge in [0.2, 0.25) is 5.95 Å². The molecule has 40 heavy (non-hydrogen) atoms. The molecule has 3 saturated heterocycles. The molecule has 0 saturated carbocycles. The first-order chi connectivity index (χ1) is 19.6. The maximum Gasteiger partial charge on any atom is 0.254 e. The van der Waals surface area contributed by atoms with Crippen molar-refractivity contribution in [3.8, 4) is 5.75 Å². The van der Waals surface area contributed by atoms with Crippen LogP contribution >= 0.6 is 0 Å². The number of carbonyl (C=O) groups excluding carboxylic acids is 1. The number of benzene rings is 2. The summed E-state index contributed by atoms with van der Waals surface area (Å²) in [7, 11) is 0. The van der Waals surface area contributed by atoms with Crippen LogP contribution in [0.1, 0.15) is 40.7 Å². The van der Waals surface area contributed by atoms with E-state index >= 15 is 4.39 Å². The minimum atomic E-state index is -0.253. The largest absolute Gasteiger partial charge is 0.489 e. The number of ether oxygens (including phenoxy) is 2. The summed E-state index contributed by atoms with van der Waals surface area (Å²) in [6.07, 6.45) is 4.65. The van der Waals surface area contributed by atoms with Crippen molar-refractivity contribution in [1.82, 2.24) is 25.1 Å². The van der Waals surface area contributed by atoms with Gasteiger partial charge in [-0.1, -0.05) is 6.07 Å². The van der Waals surface area contributed by atoms with E-state index < -0.39 is 0 Å². The van der Waals surface area contributed by atoms with Crippen molar-refractivity contribution in [2.45, 2.75) is 44.5 Å². The van der Waals surface area contributed by atoms with Crippen molar-refractivity contribution < 1.29 is 18.7 Å². The van der Waals surface area contributed by atoms with E-state index in [-0.39, 0.29) is 23.9 Å². The number of fused-ring (bicyclic) bond motifs is 2. The third kappa shape index (κ3) is 5.00. The number of likely N-dealkylation sites (tertiary alicyclic amines) is 1. The van der Waals surface area contributed by atoms with E-state index in [1.165, 1.54) is 0 Å². The van der Waals surface area contributed by atoms with E-state index in [1.54, 1.807) is 6.20 Å². The smallest absolute Gasteiger partial charge is 0.254 e. The van der Waals surface area contributed by atoms with Crippen LogP contribution in [0.2, 0.25) is 0 Å². The number of rotatable bonds is 6. The van der Waals surface area contributed by atoms with E-state index in [0.29, 0.717) is 48.7 Å². The Morgan fingerprint density at radius 1 is 1.12 bits per heavy atom. The summed E-state index contributed by atoms with van der Waals surface area (Å²) in [6.45, 7) is 7.39. The van der Waals surface area contributed by atoms with Crippen LogP contribution in [0.25, 0.3) is 10.9 Å². The van der Waals surface area contributed by atoms with Crippen LogP contribution in [0.3, 0.4) is 0 Å².